The molecule has 22 heavy (non-hydrogen) atoms. The van der Waals surface area contributed by atoms with Gasteiger partial charge in [-0.3, -0.25) is 9.59 Å². The van der Waals surface area contributed by atoms with Crippen molar-refractivity contribution in [2.75, 3.05) is 0 Å². The largest absolute Gasteiger partial charge is 0.352 e. The quantitative estimate of drug-likeness (QED) is 0.891. The van der Waals surface area contributed by atoms with E-state index in [-0.39, 0.29) is 11.5 Å². The van der Waals surface area contributed by atoms with Gasteiger partial charge in [-0.25, -0.2) is 0 Å². The Bertz CT molecular complexity index is 672. The van der Waals surface area contributed by atoms with Crippen molar-refractivity contribution in [3.63, 3.8) is 0 Å². The Morgan fingerprint density at radius 1 is 1.09 bits per heavy atom. The highest BCUT2D eigenvalue weighted by Crippen LogP contribution is 2.06. The van der Waals surface area contributed by atoms with E-state index in [4.69, 9.17) is 0 Å². The summed E-state index contributed by atoms with van der Waals surface area (Å²) >= 11 is 0. The maximum absolute atomic E-state index is 11.7. The number of carbonyl (C=O) groups excluding carboxylic acids is 1. The molecule has 0 fully saturated rings. The molecule has 0 aliphatic heterocycles. The number of benzene rings is 1. The van der Waals surface area contributed by atoms with Crippen LogP contribution in [0.4, 0.5) is 0 Å². The maximum Gasteiger partial charge on any atom is 0.250 e. The maximum atomic E-state index is 11.7. The van der Waals surface area contributed by atoms with E-state index >= 15 is 0 Å². The van der Waals surface area contributed by atoms with Gasteiger partial charge in [-0.15, -0.1) is 0 Å². The summed E-state index contributed by atoms with van der Waals surface area (Å²) in [5.74, 6) is 0.446. The minimum absolute atomic E-state index is 0.00692. The molecule has 2 rings (SSSR count). The molecule has 116 valence electrons. The van der Waals surface area contributed by atoms with E-state index < -0.39 is 0 Å². The van der Waals surface area contributed by atoms with Gasteiger partial charge in [-0.05, 0) is 23.1 Å². The number of nitrogens with one attached hydrogen (secondary N) is 1. The van der Waals surface area contributed by atoms with Gasteiger partial charge in [0.1, 0.15) is 0 Å². The summed E-state index contributed by atoms with van der Waals surface area (Å²) in [6.07, 6.45) is 2.33. The molecule has 0 spiro atoms. The third-order valence-corrected chi connectivity index (χ3v) is 3.36. The van der Waals surface area contributed by atoms with Crippen molar-refractivity contribution in [3.8, 4) is 0 Å². The fourth-order valence-electron chi connectivity index (χ4n) is 2.19. The van der Waals surface area contributed by atoms with Gasteiger partial charge in [0.15, 0.2) is 0 Å². The first-order chi connectivity index (χ1) is 10.5. The molecule has 0 aliphatic carbocycles. The van der Waals surface area contributed by atoms with Gasteiger partial charge in [0.2, 0.25) is 5.91 Å². The first kappa shape index (κ1) is 16.0. The minimum Gasteiger partial charge on any atom is -0.352 e. The van der Waals surface area contributed by atoms with Gasteiger partial charge in [0, 0.05) is 25.2 Å². The van der Waals surface area contributed by atoms with Crippen LogP contribution in [0.5, 0.6) is 0 Å². The average molecular weight is 298 g/mol. The Kier molecular flexibility index (Phi) is 5.53. The second-order valence-corrected chi connectivity index (χ2v) is 5.86. The first-order valence-corrected chi connectivity index (χ1v) is 7.54. The second-order valence-electron chi connectivity index (χ2n) is 5.86. The molecule has 0 saturated carbocycles. The number of hydrogen-bond donors (Lipinski definition) is 1. The van der Waals surface area contributed by atoms with E-state index in [2.05, 4.69) is 5.32 Å². The van der Waals surface area contributed by atoms with Gasteiger partial charge in [0.05, 0.1) is 6.54 Å². The lowest BCUT2D eigenvalue weighted by Gasteiger charge is -2.09. The molecule has 0 saturated heterocycles. The molecule has 0 bridgehead atoms. The van der Waals surface area contributed by atoms with Gasteiger partial charge in [-0.1, -0.05) is 44.2 Å². The fourth-order valence-corrected chi connectivity index (χ4v) is 2.19. The highest BCUT2D eigenvalue weighted by molar-refractivity contribution is 5.76. The van der Waals surface area contributed by atoms with Crippen LogP contribution in [0.1, 0.15) is 31.4 Å². The molecule has 1 aromatic heterocycles. The molecule has 0 unspecified atom stereocenters. The molecule has 2 aromatic rings. The normalized spacial score (nSPS) is 10.7. The van der Waals surface area contributed by atoms with E-state index in [1.165, 1.54) is 0 Å². The van der Waals surface area contributed by atoms with Gasteiger partial charge < -0.3 is 9.88 Å². The zero-order valence-corrected chi connectivity index (χ0v) is 13.1. The van der Waals surface area contributed by atoms with Crippen LogP contribution >= 0.6 is 0 Å². The van der Waals surface area contributed by atoms with Crippen molar-refractivity contribution >= 4 is 5.91 Å². The van der Waals surface area contributed by atoms with Crippen molar-refractivity contribution < 1.29 is 4.79 Å². The van der Waals surface area contributed by atoms with Crippen molar-refractivity contribution in [2.24, 2.45) is 5.92 Å². The van der Waals surface area contributed by atoms with E-state index in [9.17, 15) is 9.59 Å². The van der Waals surface area contributed by atoms with Gasteiger partial charge >= 0.3 is 0 Å². The second kappa shape index (κ2) is 7.59. The lowest BCUT2D eigenvalue weighted by Crippen LogP contribution is -2.23. The molecule has 1 N–H and O–H groups in total. The van der Waals surface area contributed by atoms with Crippen LogP contribution in [-0.4, -0.2) is 10.5 Å². The monoisotopic (exact) mass is 298 g/mol. The summed E-state index contributed by atoms with van der Waals surface area (Å²) in [6, 6.07) is 13.1. The molecule has 0 radical (unpaired) electrons. The zero-order valence-electron chi connectivity index (χ0n) is 13.1. The van der Waals surface area contributed by atoms with Gasteiger partial charge in [0.25, 0.3) is 5.56 Å². The number of amides is 1. The lowest BCUT2D eigenvalue weighted by molar-refractivity contribution is -0.121. The summed E-state index contributed by atoms with van der Waals surface area (Å²) in [5.41, 5.74) is 2.11. The van der Waals surface area contributed by atoms with Crippen LogP contribution in [0, 0.1) is 5.92 Å². The van der Waals surface area contributed by atoms with Crippen molar-refractivity contribution in [2.45, 2.75) is 33.4 Å². The molecule has 1 aromatic carbocycles. The Hall–Kier alpha value is -2.36. The Balaban J connectivity index is 1.92. The van der Waals surface area contributed by atoms with E-state index in [1.54, 1.807) is 22.9 Å². The van der Waals surface area contributed by atoms with Crippen molar-refractivity contribution in [3.05, 3.63) is 70.1 Å². The number of carbonyl (C=O) groups is 1. The molecule has 0 atom stereocenters. The molecular weight excluding hydrogens is 276 g/mol. The third kappa shape index (κ3) is 4.88. The average Bonchev–Trinajstić information content (AvgIpc) is 2.48. The Morgan fingerprint density at radius 2 is 1.77 bits per heavy atom. The van der Waals surface area contributed by atoms with Crippen LogP contribution < -0.4 is 10.9 Å². The lowest BCUT2D eigenvalue weighted by atomic mass is 10.1. The van der Waals surface area contributed by atoms with Crippen LogP contribution in [0.25, 0.3) is 0 Å². The summed E-state index contributed by atoms with van der Waals surface area (Å²) in [4.78, 5) is 23.3. The molecule has 4 heteroatoms. The van der Waals surface area contributed by atoms with E-state index in [0.29, 0.717) is 25.4 Å². The third-order valence-electron chi connectivity index (χ3n) is 3.36. The number of pyridine rings is 1. The molecule has 1 heterocycles. The van der Waals surface area contributed by atoms with Crippen LogP contribution in [0.15, 0.2) is 53.5 Å². The molecule has 1 amide bonds. The molecular formula is C18H22N2O2. The Morgan fingerprint density at radius 3 is 2.41 bits per heavy atom. The fraction of sp³-hybridized carbons (Fsp3) is 0.333. The minimum atomic E-state index is -0.00692. The smallest absolute Gasteiger partial charge is 0.250 e. The Labute approximate surface area is 130 Å². The van der Waals surface area contributed by atoms with Crippen molar-refractivity contribution in [1.82, 2.24) is 9.88 Å². The van der Waals surface area contributed by atoms with Crippen LogP contribution in [-0.2, 0) is 17.9 Å². The summed E-state index contributed by atoms with van der Waals surface area (Å²) in [5, 5.41) is 2.91. The number of rotatable bonds is 6. The highest BCUT2D eigenvalue weighted by Gasteiger charge is 2.04. The molecule has 4 nitrogen and oxygen atoms in total. The predicted molar refractivity (Wildman–Crippen MR) is 87.5 cm³/mol. The first-order valence-electron chi connectivity index (χ1n) is 7.54. The zero-order chi connectivity index (χ0) is 15.9. The van der Waals surface area contributed by atoms with Crippen molar-refractivity contribution in [1.29, 1.82) is 0 Å². The van der Waals surface area contributed by atoms with E-state index in [0.717, 1.165) is 11.1 Å². The SMILES string of the molecule is CC(C)CC(=O)NCc1ccc(Cn2ccccc2=O)cc1. The number of aromatic nitrogens is 1. The standard InChI is InChI=1S/C18H22N2O2/c1-14(2)11-17(21)19-12-15-6-8-16(9-7-15)13-20-10-4-3-5-18(20)22/h3-10,14H,11-13H2,1-2H3,(H,19,21). The predicted octanol–water partition coefficient (Wildman–Crippen LogP) is 2.56. The van der Waals surface area contributed by atoms with Crippen LogP contribution in [0.2, 0.25) is 0 Å². The molecule has 0 aliphatic rings. The highest BCUT2D eigenvalue weighted by atomic mass is 16.1. The summed E-state index contributed by atoms with van der Waals surface area (Å²) < 4.78 is 1.67. The summed E-state index contributed by atoms with van der Waals surface area (Å²) in [6.45, 7) is 5.15. The van der Waals surface area contributed by atoms with Crippen LogP contribution in [0.3, 0.4) is 0 Å². The number of nitrogens with zero attached hydrogens (tertiary/aromatic N) is 1. The summed E-state index contributed by atoms with van der Waals surface area (Å²) in [7, 11) is 0. The topological polar surface area (TPSA) is 51.1 Å². The van der Waals surface area contributed by atoms with Gasteiger partial charge in [-0.2, -0.15) is 0 Å². The number of hydrogen-bond acceptors (Lipinski definition) is 2. The van der Waals surface area contributed by atoms with E-state index in [1.807, 2.05) is 44.2 Å².